The number of ether oxygens (including phenoxy) is 3. The van der Waals surface area contributed by atoms with Crippen LogP contribution < -0.4 is 10.5 Å². The Labute approximate surface area is 225 Å². The van der Waals surface area contributed by atoms with Crippen molar-refractivity contribution >= 4 is 33.3 Å². The highest BCUT2D eigenvalue weighted by Crippen LogP contribution is 2.39. The number of methoxy groups -OCH3 is 1. The first-order valence-electron chi connectivity index (χ1n) is 12.2. The summed E-state index contributed by atoms with van der Waals surface area (Å²) in [7, 11) is 1.60. The summed E-state index contributed by atoms with van der Waals surface area (Å²) in [5.41, 5.74) is 7.90. The molecule has 0 spiro atoms. The quantitative estimate of drug-likeness (QED) is 0.250. The monoisotopic (exact) mass is 538 g/mol. The molecule has 0 radical (unpaired) electrons. The maximum atomic E-state index is 14.3. The Balaban J connectivity index is 1.47. The van der Waals surface area contributed by atoms with Crippen LogP contribution in [-0.2, 0) is 15.9 Å². The number of nitrogen functional groups attached to an aromatic ring is 1. The third-order valence-electron chi connectivity index (χ3n) is 5.52. The molecule has 2 N–H and O–H groups in total. The number of rotatable bonds is 9. The molecule has 0 unspecified atom stereocenters. The van der Waals surface area contributed by atoms with Crippen LogP contribution in [0.15, 0.2) is 54.9 Å². The van der Waals surface area contributed by atoms with Crippen LogP contribution in [0.2, 0.25) is 0 Å². The fourth-order valence-corrected chi connectivity index (χ4v) is 4.69. The van der Waals surface area contributed by atoms with Gasteiger partial charge in [0.1, 0.15) is 11.4 Å². The van der Waals surface area contributed by atoms with E-state index in [9.17, 15) is 9.18 Å². The Hall–Kier alpha value is -3.76. The Bertz CT molecular complexity index is 1400. The van der Waals surface area contributed by atoms with Crippen LogP contribution in [-0.4, -0.2) is 53.4 Å². The van der Waals surface area contributed by atoms with Crippen LogP contribution in [0.4, 0.5) is 14.9 Å². The molecule has 0 saturated carbocycles. The first-order valence-corrected chi connectivity index (χ1v) is 13.0. The molecule has 0 aliphatic carbocycles. The minimum atomic E-state index is -0.571. The molecule has 1 aromatic carbocycles. The summed E-state index contributed by atoms with van der Waals surface area (Å²) in [6.45, 7) is 6.88. The van der Waals surface area contributed by atoms with Crippen LogP contribution in [0.3, 0.4) is 0 Å². The second kappa shape index (κ2) is 11.7. The van der Waals surface area contributed by atoms with Gasteiger partial charge in [0, 0.05) is 50.4 Å². The fraction of sp³-hybridized carbons (Fsp3) is 0.321. The highest BCUT2D eigenvalue weighted by atomic mass is 32.1. The van der Waals surface area contributed by atoms with E-state index in [2.05, 4.69) is 9.97 Å². The van der Waals surface area contributed by atoms with Crippen molar-refractivity contribution in [3.05, 3.63) is 66.2 Å². The van der Waals surface area contributed by atoms with Crippen molar-refractivity contribution in [3.63, 3.8) is 0 Å². The van der Waals surface area contributed by atoms with Crippen molar-refractivity contribution in [1.82, 2.24) is 14.9 Å². The van der Waals surface area contributed by atoms with E-state index in [-0.39, 0.29) is 11.8 Å². The lowest BCUT2D eigenvalue weighted by Gasteiger charge is -2.27. The number of hydrogen-bond donors (Lipinski definition) is 1. The van der Waals surface area contributed by atoms with Crippen molar-refractivity contribution in [2.24, 2.45) is 0 Å². The molecule has 8 nitrogen and oxygen atoms in total. The van der Waals surface area contributed by atoms with Crippen molar-refractivity contribution in [2.75, 3.05) is 32.5 Å². The summed E-state index contributed by atoms with van der Waals surface area (Å²) in [5.74, 6) is 0.0661. The van der Waals surface area contributed by atoms with Crippen LogP contribution in [0.25, 0.3) is 20.8 Å². The van der Waals surface area contributed by atoms with Crippen LogP contribution >= 0.6 is 11.3 Å². The van der Waals surface area contributed by atoms with Gasteiger partial charge in [0.2, 0.25) is 0 Å². The molecule has 10 heteroatoms. The molecule has 0 atom stereocenters. The molecular weight excluding hydrogens is 507 g/mol. The van der Waals surface area contributed by atoms with E-state index < -0.39 is 11.4 Å². The van der Waals surface area contributed by atoms with Crippen molar-refractivity contribution in [1.29, 1.82) is 0 Å². The topological polar surface area (TPSA) is 99.8 Å². The summed E-state index contributed by atoms with van der Waals surface area (Å²) in [5, 5.41) is 0. The van der Waals surface area contributed by atoms with E-state index in [0.29, 0.717) is 37.6 Å². The SMILES string of the molecule is COCCN(CCc1ccc(-c2cc3nccc(Oc4ccc(N)cc4F)c3s2)nc1)C(=O)OC(C)(C)C. The summed E-state index contributed by atoms with van der Waals surface area (Å²) < 4.78 is 31.6. The van der Waals surface area contributed by atoms with E-state index in [1.165, 1.54) is 23.5 Å². The summed E-state index contributed by atoms with van der Waals surface area (Å²) in [6, 6.07) is 11.9. The van der Waals surface area contributed by atoms with Gasteiger partial charge < -0.3 is 24.8 Å². The number of pyridine rings is 2. The van der Waals surface area contributed by atoms with Crippen molar-refractivity contribution < 1.29 is 23.4 Å². The molecule has 4 aromatic rings. The van der Waals surface area contributed by atoms with Gasteiger partial charge in [-0.15, -0.1) is 11.3 Å². The van der Waals surface area contributed by atoms with Crippen LogP contribution in [0, 0.1) is 5.82 Å². The smallest absolute Gasteiger partial charge is 0.410 e. The summed E-state index contributed by atoms with van der Waals surface area (Å²) in [6.07, 6.45) is 3.68. The third kappa shape index (κ3) is 6.96. The van der Waals surface area contributed by atoms with Gasteiger partial charge in [-0.1, -0.05) is 6.07 Å². The van der Waals surface area contributed by atoms with Gasteiger partial charge in [0.15, 0.2) is 11.6 Å². The number of amides is 1. The minimum absolute atomic E-state index is 0.0926. The third-order valence-corrected chi connectivity index (χ3v) is 6.68. The van der Waals surface area contributed by atoms with Crippen molar-refractivity contribution in [3.8, 4) is 22.1 Å². The lowest BCUT2D eigenvalue weighted by Crippen LogP contribution is -2.39. The number of carbonyl (C=O) groups excluding carboxylic acids is 1. The first-order chi connectivity index (χ1) is 18.1. The molecular formula is C28H31FN4O4S. The average molecular weight is 539 g/mol. The summed E-state index contributed by atoms with van der Waals surface area (Å²) >= 11 is 1.47. The molecule has 0 bridgehead atoms. The zero-order valence-corrected chi connectivity index (χ0v) is 22.7. The number of fused-ring (bicyclic) bond motifs is 1. The standard InChI is InChI=1S/C28H31FN4O4S/c1-28(2,3)37-27(34)33(13-14-35-4)12-10-18-5-7-21(32-17-18)25-16-22-26(38-25)24(9-11-31-22)36-23-8-6-19(30)15-20(23)29/h5-9,11,15-17H,10,12-14,30H2,1-4H3. The molecule has 0 saturated heterocycles. The van der Waals surface area contributed by atoms with Gasteiger partial charge in [0.05, 0.1) is 27.4 Å². The number of anilines is 1. The lowest BCUT2D eigenvalue weighted by atomic mass is 10.1. The van der Waals surface area contributed by atoms with E-state index in [1.54, 1.807) is 36.5 Å². The molecule has 1 amide bonds. The zero-order valence-electron chi connectivity index (χ0n) is 21.9. The second-order valence-corrected chi connectivity index (χ2v) is 10.7. The van der Waals surface area contributed by atoms with Gasteiger partial charge in [-0.3, -0.25) is 9.97 Å². The molecule has 0 aliphatic heterocycles. The lowest BCUT2D eigenvalue weighted by molar-refractivity contribution is 0.0204. The van der Waals surface area contributed by atoms with Gasteiger partial charge in [-0.05, 0) is 57.0 Å². The molecule has 0 fully saturated rings. The van der Waals surface area contributed by atoms with Crippen LogP contribution in [0.5, 0.6) is 11.5 Å². The fourth-order valence-electron chi connectivity index (χ4n) is 3.64. The Morgan fingerprint density at radius 2 is 1.89 bits per heavy atom. The Morgan fingerprint density at radius 3 is 2.58 bits per heavy atom. The van der Waals surface area contributed by atoms with E-state index in [0.717, 1.165) is 26.4 Å². The predicted molar refractivity (Wildman–Crippen MR) is 147 cm³/mol. The zero-order chi connectivity index (χ0) is 27.3. The maximum Gasteiger partial charge on any atom is 0.410 e. The number of nitrogens with two attached hydrogens (primary N) is 1. The number of aromatic nitrogens is 2. The number of nitrogens with zero attached hydrogens (tertiary/aromatic N) is 3. The number of hydrogen-bond acceptors (Lipinski definition) is 8. The predicted octanol–water partition coefficient (Wildman–Crippen LogP) is 6.30. The highest BCUT2D eigenvalue weighted by Gasteiger charge is 2.22. The van der Waals surface area contributed by atoms with Crippen molar-refractivity contribution in [2.45, 2.75) is 32.8 Å². The molecule has 38 heavy (non-hydrogen) atoms. The van der Waals surface area contributed by atoms with Gasteiger partial charge in [-0.2, -0.15) is 0 Å². The first kappa shape index (κ1) is 27.3. The van der Waals surface area contributed by atoms with Gasteiger partial charge in [-0.25, -0.2) is 9.18 Å². The molecule has 200 valence electrons. The minimum Gasteiger partial charge on any atom is -0.453 e. The number of benzene rings is 1. The number of thiophene rings is 1. The molecule has 3 heterocycles. The molecule has 0 aliphatic rings. The number of halogens is 1. The molecule has 4 rings (SSSR count). The Morgan fingerprint density at radius 1 is 1.08 bits per heavy atom. The normalized spacial score (nSPS) is 11.5. The largest absolute Gasteiger partial charge is 0.453 e. The van der Waals surface area contributed by atoms with Crippen LogP contribution in [0.1, 0.15) is 26.3 Å². The van der Waals surface area contributed by atoms with Gasteiger partial charge in [0.25, 0.3) is 0 Å². The second-order valence-electron chi connectivity index (χ2n) is 9.69. The number of carbonyl (C=O) groups is 1. The average Bonchev–Trinajstić information content (AvgIpc) is 3.30. The van der Waals surface area contributed by atoms with E-state index in [4.69, 9.17) is 19.9 Å². The van der Waals surface area contributed by atoms with E-state index in [1.807, 2.05) is 39.0 Å². The summed E-state index contributed by atoms with van der Waals surface area (Å²) in [4.78, 5) is 24.2. The van der Waals surface area contributed by atoms with Gasteiger partial charge >= 0.3 is 6.09 Å². The Kier molecular flexibility index (Phi) is 8.43. The van der Waals surface area contributed by atoms with E-state index >= 15 is 0 Å². The highest BCUT2D eigenvalue weighted by molar-refractivity contribution is 7.22. The maximum absolute atomic E-state index is 14.3. The molecule has 3 aromatic heterocycles.